The Hall–Kier alpha value is -1.06. The van der Waals surface area contributed by atoms with E-state index in [9.17, 15) is 9.90 Å². The summed E-state index contributed by atoms with van der Waals surface area (Å²) in [7, 11) is 0. The monoisotopic (exact) mass is 295 g/mol. The third-order valence-corrected chi connectivity index (χ3v) is 4.32. The van der Waals surface area contributed by atoms with E-state index in [1.807, 2.05) is 12.1 Å². The van der Waals surface area contributed by atoms with Crippen LogP contribution in [0.1, 0.15) is 48.5 Å². The van der Waals surface area contributed by atoms with Crippen LogP contribution in [0.3, 0.4) is 0 Å². The van der Waals surface area contributed by atoms with Crippen molar-refractivity contribution in [2.24, 2.45) is 5.92 Å². The van der Waals surface area contributed by atoms with Gasteiger partial charge in [-0.05, 0) is 36.5 Å². The average molecular weight is 296 g/mol. The second-order valence-corrected chi connectivity index (χ2v) is 6.21. The third-order valence-electron chi connectivity index (χ3n) is 4.02. The Morgan fingerprint density at radius 2 is 2.15 bits per heavy atom. The Labute approximate surface area is 125 Å². The summed E-state index contributed by atoms with van der Waals surface area (Å²) >= 11 is 5.72. The molecule has 1 aromatic rings. The number of halogens is 1. The minimum atomic E-state index is -0.747. The number of amides is 1. The molecule has 0 heterocycles. The number of carbonyl (C=O) groups excluding carboxylic acids is 1. The first-order chi connectivity index (χ1) is 9.52. The smallest absolute Gasteiger partial charge is 0.251 e. The summed E-state index contributed by atoms with van der Waals surface area (Å²) in [5.74, 6) is 0.825. The predicted octanol–water partition coefficient (Wildman–Crippen LogP) is 3.10. The van der Waals surface area contributed by atoms with E-state index < -0.39 is 5.60 Å². The lowest BCUT2D eigenvalue weighted by Crippen LogP contribution is -2.45. The maximum Gasteiger partial charge on any atom is 0.251 e. The van der Waals surface area contributed by atoms with Crippen LogP contribution >= 0.6 is 11.6 Å². The number of hydrogen-bond acceptors (Lipinski definition) is 2. The van der Waals surface area contributed by atoms with Crippen LogP contribution in [0.15, 0.2) is 24.3 Å². The SMILES string of the molecule is CC1CCCC(O)(CNC(=O)c2ccc(CCl)cc2)C1. The van der Waals surface area contributed by atoms with Crippen LogP contribution in [-0.2, 0) is 5.88 Å². The minimum Gasteiger partial charge on any atom is -0.388 e. The normalized spacial score (nSPS) is 26.2. The molecule has 2 rings (SSSR count). The van der Waals surface area contributed by atoms with Gasteiger partial charge in [0.1, 0.15) is 0 Å². The second kappa shape index (κ2) is 6.59. The molecule has 110 valence electrons. The molecule has 1 saturated carbocycles. The molecule has 0 spiro atoms. The molecule has 0 radical (unpaired) electrons. The summed E-state index contributed by atoms with van der Waals surface area (Å²) in [4.78, 5) is 12.1. The molecule has 3 nitrogen and oxygen atoms in total. The first-order valence-electron chi connectivity index (χ1n) is 7.18. The van der Waals surface area contributed by atoms with Crippen molar-refractivity contribution in [2.75, 3.05) is 6.54 Å². The lowest BCUT2D eigenvalue weighted by Gasteiger charge is -2.35. The fourth-order valence-electron chi connectivity index (χ4n) is 2.88. The topological polar surface area (TPSA) is 49.3 Å². The van der Waals surface area contributed by atoms with Crippen molar-refractivity contribution in [1.29, 1.82) is 0 Å². The van der Waals surface area contributed by atoms with Crippen molar-refractivity contribution in [3.63, 3.8) is 0 Å². The maximum absolute atomic E-state index is 12.1. The third kappa shape index (κ3) is 3.97. The van der Waals surface area contributed by atoms with Gasteiger partial charge in [0.25, 0.3) is 5.91 Å². The van der Waals surface area contributed by atoms with Crippen LogP contribution in [0.25, 0.3) is 0 Å². The highest BCUT2D eigenvalue weighted by molar-refractivity contribution is 6.17. The van der Waals surface area contributed by atoms with E-state index in [0.29, 0.717) is 23.9 Å². The van der Waals surface area contributed by atoms with Gasteiger partial charge in [-0.2, -0.15) is 0 Å². The molecule has 20 heavy (non-hydrogen) atoms. The van der Waals surface area contributed by atoms with Gasteiger partial charge < -0.3 is 10.4 Å². The van der Waals surface area contributed by atoms with Gasteiger partial charge in [-0.1, -0.05) is 31.9 Å². The van der Waals surface area contributed by atoms with E-state index in [1.165, 1.54) is 0 Å². The Morgan fingerprint density at radius 3 is 2.75 bits per heavy atom. The molecule has 2 unspecified atom stereocenters. The molecule has 1 aliphatic carbocycles. The standard InChI is InChI=1S/C16H22ClNO2/c1-12-3-2-8-16(20,9-12)11-18-15(19)14-6-4-13(10-17)5-7-14/h4-7,12,20H,2-3,8-11H2,1H3,(H,18,19). The van der Waals surface area contributed by atoms with Crippen molar-refractivity contribution in [1.82, 2.24) is 5.32 Å². The quantitative estimate of drug-likeness (QED) is 0.839. The van der Waals surface area contributed by atoms with Gasteiger partial charge in [-0.25, -0.2) is 0 Å². The van der Waals surface area contributed by atoms with Crippen molar-refractivity contribution in [2.45, 2.75) is 44.1 Å². The van der Waals surface area contributed by atoms with Crippen LogP contribution in [0.4, 0.5) is 0 Å². The molecular formula is C16H22ClNO2. The lowest BCUT2D eigenvalue weighted by molar-refractivity contribution is -0.0109. The summed E-state index contributed by atoms with van der Waals surface area (Å²) in [5.41, 5.74) is 0.845. The van der Waals surface area contributed by atoms with Crippen LogP contribution in [0, 0.1) is 5.92 Å². The summed E-state index contributed by atoms with van der Waals surface area (Å²) in [6.45, 7) is 2.48. The number of benzene rings is 1. The Bertz CT molecular complexity index is 460. The zero-order valence-electron chi connectivity index (χ0n) is 11.9. The first kappa shape index (κ1) is 15.3. The molecule has 4 heteroatoms. The molecule has 2 atom stereocenters. The van der Waals surface area contributed by atoms with Crippen LogP contribution in [0.5, 0.6) is 0 Å². The molecule has 1 fully saturated rings. The average Bonchev–Trinajstić information content (AvgIpc) is 2.45. The summed E-state index contributed by atoms with van der Waals surface area (Å²) in [6.07, 6.45) is 3.72. The van der Waals surface area contributed by atoms with Crippen molar-refractivity contribution in [3.05, 3.63) is 35.4 Å². The number of aliphatic hydroxyl groups is 1. The molecule has 0 aliphatic heterocycles. The van der Waals surface area contributed by atoms with Gasteiger partial charge in [0.15, 0.2) is 0 Å². The van der Waals surface area contributed by atoms with Gasteiger partial charge in [0.05, 0.1) is 5.60 Å². The fraction of sp³-hybridized carbons (Fsp3) is 0.562. The predicted molar refractivity (Wildman–Crippen MR) is 80.9 cm³/mol. The molecule has 0 bridgehead atoms. The number of rotatable bonds is 4. The minimum absolute atomic E-state index is 0.141. The van der Waals surface area contributed by atoms with Crippen LogP contribution in [0.2, 0.25) is 0 Å². The number of carbonyl (C=O) groups is 1. The zero-order valence-corrected chi connectivity index (χ0v) is 12.6. The summed E-state index contributed by atoms with van der Waals surface area (Å²) < 4.78 is 0. The van der Waals surface area contributed by atoms with E-state index in [4.69, 9.17) is 11.6 Å². The van der Waals surface area contributed by atoms with Crippen molar-refractivity contribution in [3.8, 4) is 0 Å². The largest absolute Gasteiger partial charge is 0.388 e. The molecule has 0 aromatic heterocycles. The molecule has 1 aromatic carbocycles. The number of hydrogen-bond donors (Lipinski definition) is 2. The summed E-state index contributed by atoms with van der Waals surface area (Å²) in [5, 5.41) is 13.3. The Morgan fingerprint density at radius 1 is 1.45 bits per heavy atom. The van der Waals surface area contributed by atoms with E-state index in [1.54, 1.807) is 12.1 Å². The van der Waals surface area contributed by atoms with E-state index in [-0.39, 0.29) is 5.91 Å². The summed E-state index contributed by atoms with van der Waals surface area (Å²) in [6, 6.07) is 7.22. The van der Waals surface area contributed by atoms with E-state index in [2.05, 4.69) is 12.2 Å². The van der Waals surface area contributed by atoms with Crippen LogP contribution in [-0.4, -0.2) is 23.2 Å². The van der Waals surface area contributed by atoms with E-state index >= 15 is 0 Å². The van der Waals surface area contributed by atoms with Gasteiger partial charge in [-0.15, -0.1) is 11.6 Å². The second-order valence-electron chi connectivity index (χ2n) is 5.94. The zero-order chi connectivity index (χ0) is 14.6. The first-order valence-corrected chi connectivity index (χ1v) is 7.71. The molecule has 0 saturated heterocycles. The van der Waals surface area contributed by atoms with Crippen molar-refractivity contribution >= 4 is 17.5 Å². The lowest BCUT2D eigenvalue weighted by atomic mass is 9.79. The maximum atomic E-state index is 12.1. The fourth-order valence-corrected chi connectivity index (χ4v) is 3.06. The highest BCUT2D eigenvalue weighted by Crippen LogP contribution is 2.31. The van der Waals surface area contributed by atoms with Gasteiger partial charge >= 0.3 is 0 Å². The Kier molecular flexibility index (Phi) is 5.06. The van der Waals surface area contributed by atoms with Gasteiger partial charge in [-0.3, -0.25) is 4.79 Å². The highest BCUT2D eigenvalue weighted by Gasteiger charge is 2.32. The van der Waals surface area contributed by atoms with Gasteiger partial charge in [0, 0.05) is 18.0 Å². The molecule has 1 amide bonds. The number of nitrogens with one attached hydrogen (secondary N) is 1. The van der Waals surface area contributed by atoms with E-state index in [0.717, 1.165) is 31.2 Å². The van der Waals surface area contributed by atoms with Crippen molar-refractivity contribution < 1.29 is 9.90 Å². The molecule has 1 aliphatic rings. The highest BCUT2D eigenvalue weighted by atomic mass is 35.5. The Balaban J connectivity index is 1.90. The number of alkyl halides is 1. The van der Waals surface area contributed by atoms with Gasteiger partial charge in [0.2, 0.25) is 0 Å². The molecular weight excluding hydrogens is 274 g/mol. The molecule has 2 N–H and O–H groups in total. The van der Waals surface area contributed by atoms with Crippen LogP contribution < -0.4 is 5.32 Å².